The van der Waals surface area contributed by atoms with Crippen molar-refractivity contribution in [3.05, 3.63) is 69.3 Å². The normalized spacial score (nSPS) is 10.9. The van der Waals surface area contributed by atoms with Crippen LogP contribution in [0, 0.1) is 24.4 Å². The Balaban J connectivity index is 1.79. The van der Waals surface area contributed by atoms with Crippen molar-refractivity contribution in [2.24, 2.45) is 0 Å². The van der Waals surface area contributed by atoms with Gasteiger partial charge >= 0.3 is 5.63 Å². The number of anilines is 1. The molecular weight excluding hydrogens is 375 g/mol. The highest BCUT2D eigenvalue weighted by Gasteiger charge is 2.17. The molecule has 0 spiro atoms. The molecule has 1 amide bonds. The summed E-state index contributed by atoms with van der Waals surface area (Å²) in [4.78, 5) is 24.3. The summed E-state index contributed by atoms with van der Waals surface area (Å²) in [5.74, 6) is -4.62. The van der Waals surface area contributed by atoms with E-state index in [-0.39, 0.29) is 12.8 Å². The maximum Gasteiger partial charge on any atom is 0.339 e. The fourth-order valence-corrected chi connectivity index (χ4v) is 2.86. The Morgan fingerprint density at radius 1 is 1.14 bits per heavy atom. The largest absolute Gasteiger partial charge is 0.497 e. The maximum atomic E-state index is 13.6. The van der Waals surface area contributed by atoms with Crippen molar-refractivity contribution in [2.75, 3.05) is 12.4 Å². The van der Waals surface area contributed by atoms with E-state index in [0.29, 0.717) is 33.9 Å². The summed E-state index contributed by atoms with van der Waals surface area (Å²) in [6.07, 6.45) is -0.140. The van der Waals surface area contributed by atoms with E-state index in [1.807, 2.05) is 0 Å². The summed E-state index contributed by atoms with van der Waals surface area (Å²) in [5.41, 5.74) is 0.251. The van der Waals surface area contributed by atoms with Gasteiger partial charge in [0.15, 0.2) is 17.5 Å². The summed E-state index contributed by atoms with van der Waals surface area (Å²) in [7, 11) is 1.49. The van der Waals surface area contributed by atoms with Crippen LogP contribution in [0.15, 0.2) is 39.5 Å². The number of carbonyl (C=O) groups is 1. The number of hydrogen-bond acceptors (Lipinski definition) is 4. The monoisotopic (exact) mass is 391 g/mol. The fraction of sp³-hybridized carbons (Fsp3) is 0.200. The second kappa shape index (κ2) is 7.75. The average Bonchev–Trinajstić information content (AvgIpc) is 2.67. The van der Waals surface area contributed by atoms with Gasteiger partial charge < -0.3 is 14.5 Å². The molecule has 0 aliphatic rings. The third-order valence-corrected chi connectivity index (χ3v) is 4.41. The molecule has 0 aliphatic heterocycles. The molecule has 0 atom stereocenters. The molecule has 0 bridgehead atoms. The maximum absolute atomic E-state index is 13.6. The molecule has 3 aromatic rings. The Labute approximate surface area is 157 Å². The Kier molecular flexibility index (Phi) is 5.39. The van der Waals surface area contributed by atoms with E-state index >= 15 is 0 Å². The molecular formula is C20H16F3NO4. The number of nitrogens with one attached hydrogen (secondary N) is 1. The number of aryl methyl sites for hydroxylation is 1. The molecule has 3 rings (SSSR count). The minimum absolute atomic E-state index is 0.0350. The zero-order valence-electron chi connectivity index (χ0n) is 15.1. The van der Waals surface area contributed by atoms with Gasteiger partial charge in [-0.25, -0.2) is 18.0 Å². The molecule has 0 fully saturated rings. The molecule has 28 heavy (non-hydrogen) atoms. The lowest BCUT2D eigenvalue weighted by Crippen LogP contribution is -2.17. The number of halogens is 3. The van der Waals surface area contributed by atoms with Crippen LogP contribution in [0.5, 0.6) is 5.75 Å². The molecule has 0 aliphatic carbocycles. The zero-order chi connectivity index (χ0) is 20.4. The summed E-state index contributed by atoms with van der Waals surface area (Å²) >= 11 is 0. The van der Waals surface area contributed by atoms with Crippen LogP contribution >= 0.6 is 0 Å². The number of methoxy groups -OCH3 is 1. The Hall–Kier alpha value is -3.29. The molecule has 5 nitrogen and oxygen atoms in total. The van der Waals surface area contributed by atoms with Crippen LogP contribution in [0.2, 0.25) is 0 Å². The molecule has 8 heteroatoms. The van der Waals surface area contributed by atoms with Crippen LogP contribution < -0.4 is 15.7 Å². The number of amides is 1. The lowest BCUT2D eigenvalue weighted by molar-refractivity contribution is -0.116. The van der Waals surface area contributed by atoms with Crippen LogP contribution in [0.25, 0.3) is 11.0 Å². The third kappa shape index (κ3) is 3.71. The minimum Gasteiger partial charge on any atom is -0.497 e. The third-order valence-electron chi connectivity index (χ3n) is 4.41. The number of ether oxygens (including phenoxy) is 1. The lowest BCUT2D eigenvalue weighted by atomic mass is 10.0. The van der Waals surface area contributed by atoms with Gasteiger partial charge in [0, 0.05) is 23.4 Å². The number of benzene rings is 2. The van der Waals surface area contributed by atoms with Gasteiger partial charge in [0.25, 0.3) is 0 Å². The first-order valence-corrected chi connectivity index (χ1v) is 8.35. The molecule has 1 aromatic heterocycles. The van der Waals surface area contributed by atoms with Gasteiger partial charge in [0.2, 0.25) is 5.91 Å². The van der Waals surface area contributed by atoms with E-state index in [1.165, 1.54) is 7.11 Å². The summed E-state index contributed by atoms with van der Waals surface area (Å²) in [6.45, 7) is 1.73. The van der Waals surface area contributed by atoms with Gasteiger partial charge in [0.1, 0.15) is 11.3 Å². The second-order valence-electron chi connectivity index (χ2n) is 6.13. The average molecular weight is 391 g/mol. The van der Waals surface area contributed by atoms with Gasteiger partial charge in [-0.1, -0.05) is 0 Å². The molecule has 0 saturated heterocycles. The van der Waals surface area contributed by atoms with E-state index in [1.54, 1.807) is 25.1 Å². The van der Waals surface area contributed by atoms with Crippen molar-refractivity contribution in [1.29, 1.82) is 0 Å². The highest BCUT2D eigenvalue weighted by molar-refractivity contribution is 5.91. The molecule has 0 radical (unpaired) electrons. The SMILES string of the molecule is COc1ccc2c(C)c(CCC(=O)Nc3ccc(F)c(F)c3F)c(=O)oc2c1. The number of carbonyl (C=O) groups excluding carboxylic acids is 1. The quantitative estimate of drug-likeness (QED) is 0.525. The Bertz CT molecular complexity index is 1120. The topological polar surface area (TPSA) is 68.5 Å². The molecule has 1 heterocycles. The fourth-order valence-electron chi connectivity index (χ4n) is 2.86. The first-order valence-electron chi connectivity index (χ1n) is 8.35. The van der Waals surface area contributed by atoms with Crippen molar-refractivity contribution in [3.8, 4) is 5.75 Å². The Morgan fingerprint density at radius 2 is 1.89 bits per heavy atom. The van der Waals surface area contributed by atoms with Crippen LogP contribution in [0.4, 0.5) is 18.9 Å². The lowest BCUT2D eigenvalue weighted by Gasteiger charge is -2.10. The molecule has 2 aromatic carbocycles. The van der Waals surface area contributed by atoms with E-state index in [4.69, 9.17) is 9.15 Å². The Morgan fingerprint density at radius 3 is 2.61 bits per heavy atom. The van der Waals surface area contributed by atoms with Gasteiger partial charge in [0.05, 0.1) is 12.8 Å². The van der Waals surface area contributed by atoms with E-state index in [9.17, 15) is 22.8 Å². The highest BCUT2D eigenvalue weighted by atomic mass is 19.2. The second-order valence-corrected chi connectivity index (χ2v) is 6.13. The highest BCUT2D eigenvalue weighted by Crippen LogP contribution is 2.25. The standard InChI is InChI=1S/C20H16F3NO4/c1-10-12-4-3-11(27-2)9-16(12)28-20(26)13(10)5-8-17(25)24-15-7-6-14(21)18(22)19(15)23/h3-4,6-7,9H,5,8H2,1-2H3,(H,24,25). The van der Waals surface area contributed by atoms with E-state index in [0.717, 1.165) is 6.07 Å². The number of rotatable bonds is 5. The first kappa shape index (κ1) is 19.5. The van der Waals surface area contributed by atoms with Gasteiger partial charge in [-0.15, -0.1) is 0 Å². The number of fused-ring (bicyclic) bond motifs is 1. The van der Waals surface area contributed by atoms with E-state index in [2.05, 4.69) is 5.32 Å². The van der Waals surface area contributed by atoms with Crippen LogP contribution in [0.1, 0.15) is 17.5 Å². The zero-order valence-corrected chi connectivity index (χ0v) is 15.1. The predicted molar refractivity (Wildman–Crippen MR) is 97.0 cm³/mol. The van der Waals surface area contributed by atoms with Crippen molar-refractivity contribution in [2.45, 2.75) is 19.8 Å². The smallest absolute Gasteiger partial charge is 0.339 e. The van der Waals surface area contributed by atoms with Crippen molar-refractivity contribution in [3.63, 3.8) is 0 Å². The number of hydrogen-bond donors (Lipinski definition) is 1. The molecule has 1 N–H and O–H groups in total. The van der Waals surface area contributed by atoms with Crippen LogP contribution in [0.3, 0.4) is 0 Å². The first-order chi connectivity index (χ1) is 13.3. The predicted octanol–water partition coefficient (Wildman–Crippen LogP) is 4.10. The van der Waals surface area contributed by atoms with Crippen molar-refractivity contribution in [1.82, 2.24) is 0 Å². The minimum atomic E-state index is -1.67. The van der Waals surface area contributed by atoms with E-state index < -0.39 is 34.7 Å². The molecule has 0 saturated carbocycles. The molecule has 0 unspecified atom stereocenters. The van der Waals surface area contributed by atoms with Gasteiger partial charge in [-0.3, -0.25) is 4.79 Å². The summed E-state index contributed by atoms with van der Waals surface area (Å²) in [5, 5.41) is 2.87. The van der Waals surface area contributed by atoms with Gasteiger partial charge in [-0.2, -0.15) is 0 Å². The van der Waals surface area contributed by atoms with Crippen LogP contribution in [-0.2, 0) is 11.2 Å². The van der Waals surface area contributed by atoms with Crippen molar-refractivity contribution < 1.29 is 27.1 Å². The van der Waals surface area contributed by atoms with Crippen LogP contribution in [-0.4, -0.2) is 13.0 Å². The molecule has 146 valence electrons. The van der Waals surface area contributed by atoms with Crippen molar-refractivity contribution >= 4 is 22.6 Å². The van der Waals surface area contributed by atoms with Gasteiger partial charge in [-0.05, 0) is 43.2 Å². The summed E-state index contributed by atoms with van der Waals surface area (Å²) < 4.78 is 50.2. The summed E-state index contributed by atoms with van der Waals surface area (Å²) in [6, 6.07) is 6.69.